The molecule has 4 N–H and O–H groups in total. The fraction of sp³-hybridized carbons (Fsp3) is 0.455. The van der Waals surface area contributed by atoms with Gasteiger partial charge in [0.05, 0.1) is 18.1 Å². The minimum Gasteiger partial charge on any atom is -0.409 e. The second-order valence-electron chi connectivity index (χ2n) is 4.36. The van der Waals surface area contributed by atoms with Crippen molar-refractivity contribution in [2.45, 2.75) is 25.7 Å². The van der Waals surface area contributed by atoms with E-state index < -0.39 is 5.41 Å². The lowest BCUT2D eigenvalue weighted by molar-refractivity contribution is -0.122. The van der Waals surface area contributed by atoms with Crippen molar-refractivity contribution in [2.24, 2.45) is 16.3 Å². The van der Waals surface area contributed by atoms with Crippen LogP contribution in [0.1, 0.15) is 25.7 Å². The molecule has 1 fully saturated rings. The molecule has 96 valence electrons. The van der Waals surface area contributed by atoms with E-state index in [2.05, 4.69) is 20.4 Å². The molecule has 7 heteroatoms. The number of amidine groups is 1. The van der Waals surface area contributed by atoms with E-state index >= 15 is 0 Å². The smallest absolute Gasteiger partial charge is 0.238 e. The molecule has 18 heavy (non-hydrogen) atoms. The third-order valence-electron chi connectivity index (χ3n) is 3.31. The molecule has 1 saturated carbocycles. The van der Waals surface area contributed by atoms with E-state index in [1.54, 1.807) is 0 Å². The van der Waals surface area contributed by atoms with Gasteiger partial charge >= 0.3 is 0 Å². The number of oxime groups is 1. The van der Waals surface area contributed by atoms with Gasteiger partial charge in [-0.25, -0.2) is 9.97 Å². The lowest BCUT2D eigenvalue weighted by Crippen LogP contribution is -2.45. The zero-order chi connectivity index (χ0) is 13.0. The topological polar surface area (TPSA) is 113 Å². The van der Waals surface area contributed by atoms with E-state index in [1.165, 1.54) is 18.7 Å². The second-order valence-corrected chi connectivity index (χ2v) is 4.36. The quantitative estimate of drug-likeness (QED) is 0.316. The summed E-state index contributed by atoms with van der Waals surface area (Å²) in [6.07, 6.45) is 7.32. The average Bonchev–Trinajstić information content (AvgIpc) is 2.89. The largest absolute Gasteiger partial charge is 0.409 e. The third-order valence-corrected chi connectivity index (χ3v) is 3.31. The van der Waals surface area contributed by atoms with Crippen molar-refractivity contribution >= 4 is 17.4 Å². The molecule has 0 bridgehead atoms. The summed E-state index contributed by atoms with van der Waals surface area (Å²) in [4.78, 5) is 19.9. The molecule has 0 aromatic carbocycles. The highest BCUT2D eigenvalue weighted by atomic mass is 16.4. The van der Waals surface area contributed by atoms with Crippen LogP contribution in [0.4, 0.5) is 5.69 Å². The highest BCUT2D eigenvalue weighted by Gasteiger charge is 2.45. The molecule has 7 nitrogen and oxygen atoms in total. The average molecular weight is 249 g/mol. The number of nitrogens with one attached hydrogen (secondary N) is 1. The Morgan fingerprint density at radius 3 is 2.56 bits per heavy atom. The van der Waals surface area contributed by atoms with Gasteiger partial charge in [-0.3, -0.25) is 4.79 Å². The lowest BCUT2D eigenvalue weighted by Gasteiger charge is -2.25. The first-order valence-electron chi connectivity index (χ1n) is 5.73. The molecule has 0 atom stereocenters. The van der Waals surface area contributed by atoms with Crippen LogP contribution in [0, 0.1) is 5.41 Å². The maximum Gasteiger partial charge on any atom is 0.238 e. The third kappa shape index (κ3) is 2.11. The van der Waals surface area contributed by atoms with Crippen molar-refractivity contribution in [3.05, 3.63) is 18.7 Å². The standard InChI is InChI=1S/C11H15N5O2/c12-9(16-18)11(3-1-2-4-11)10(17)15-8-5-13-7-14-6-8/h5-7,18H,1-4H2,(H2,12,16)(H,15,17). The molecule has 1 aromatic heterocycles. The van der Waals surface area contributed by atoms with E-state index in [0.29, 0.717) is 18.5 Å². The van der Waals surface area contributed by atoms with Crippen molar-refractivity contribution in [1.82, 2.24) is 9.97 Å². The van der Waals surface area contributed by atoms with Crippen molar-refractivity contribution in [1.29, 1.82) is 0 Å². The number of rotatable bonds is 3. The van der Waals surface area contributed by atoms with Gasteiger partial charge in [0.2, 0.25) is 5.91 Å². The number of carbonyl (C=O) groups is 1. The maximum atomic E-state index is 12.3. The number of nitrogens with two attached hydrogens (primary N) is 1. The van der Waals surface area contributed by atoms with Crippen molar-refractivity contribution in [3.8, 4) is 0 Å². The van der Waals surface area contributed by atoms with Crippen molar-refractivity contribution < 1.29 is 10.0 Å². The molecule has 0 aliphatic heterocycles. The molecule has 1 aliphatic carbocycles. The summed E-state index contributed by atoms with van der Waals surface area (Å²) in [5, 5.41) is 14.5. The zero-order valence-corrected chi connectivity index (χ0v) is 9.83. The van der Waals surface area contributed by atoms with Gasteiger partial charge in [0, 0.05) is 0 Å². The van der Waals surface area contributed by atoms with Crippen LogP contribution in [0.5, 0.6) is 0 Å². The van der Waals surface area contributed by atoms with E-state index in [9.17, 15) is 4.79 Å². The summed E-state index contributed by atoms with van der Waals surface area (Å²) < 4.78 is 0. The van der Waals surface area contributed by atoms with Gasteiger partial charge in [0.15, 0.2) is 5.84 Å². The maximum absolute atomic E-state index is 12.3. The van der Waals surface area contributed by atoms with Crippen LogP contribution in [-0.4, -0.2) is 26.9 Å². The highest BCUT2D eigenvalue weighted by Crippen LogP contribution is 2.39. The molecule has 0 unspecified atom stereocenters. The van der Waals surface area contributed by atoms with Crippen molar-refractivity contribution in [2.75, 3.05) is 5.32 Å². The Morgan fingerprint density at radius 2 is 2.00 bits per heavy atom. The molecular weight excluding hydrogens is 234 g/mol. The minimum atomic E-state index is -0.912. The normalized spacial score (nSPS) is 18.6. The number of hydrogen-bond donors (Lipinski definition) is 3. The summed E-state index contributed by atoms with van der Waals surface area (Å²) in [6.45, 7) is 0. The lowest BCUT2D eigenvalue weighted by atomic mass is 9.83. The molecule has 1 aromatic rings. The van der Waals surface area contributed by atoms with Gasteiger partial charge in [-0.2, -0.15) is 0 Å². The van der Waals surface area contributed by atoms with Gasteiger partial charge in [-0.1, -0.05) is 18.0 Å². The molecule has 2 rings (SSSR count). The Morgan fingerprint density at radius 1 is 1.39 bits per heavy atom. The number of aromatic nitrogens is 2. The molecular formula is C11H15N5O2. The van der Waals surface area contributed by atoms with E-state index in [-0.39, 0.29) is 11.7 Å². The van der Waals surface area contributed by atoms with Gasteiger partial charge in [0.25, 0.3) is 0 Å². The first kappa shape index (κ1) is 12.3. The monoisotopic (exact) mass is 249 g/mol. The first-order valence-corrected chi connectivity index (χ1v) is 5.73. The van der Waals surface area contributed by atoms with Crippen LogP contribution in [0.25, 0.3) is 0 Å². The molecule has 0 spiro atoms. The van der Waals surface area contributed by atoms with E-state index in [1.807, 2.05) is 0 Å². The minimum absolute atomic E-state index is 0.0330. The predicted molar refractivity (Wildman–Crippen MR) is 65.0 cm³/mol. The fourth-order valence-corrected chi connectivity index (χ4v) is 2.29. The summed E-state index contributed by atoms with van der Waals surface area (Å²) in [6, 6.07) is 0. The highest BCUT2D eigenvalue weighted by molar-refractivity contribution is 6.12. The van der Waals surface area contributed by atoms with Gasteiger partial charge < -0.3 is 16.3 Å². The number of amides is 1. The Balaban J connectivity index is 2.20. The van der Waals surface area contributed by atoms with Crippen LogP contribution in [0.2, 0.25) is 0 Å². The van der Waals surface area contributed by atoms with Crippen molar-refractivity contribution in [3.63, 3.8) is 0 Å². The molecule has 1 aliphatic rings. The van der Waals surface area contributed by atoms with Crippen LogP contribution >= 0.6 is 0 Å². The number of hydrogen-bond acceptors (Lipinski definition) is 5. The SMILES string of the molecule is NC(=NO)C1(C(=O)Nc2cncnc2)CCCC1. The zero-order valence-electron chi connectivity index (χ0n) is 9.83. The second kappa shape index (κ2) is 4.99. The Hall–Kier alpha value is -2.18. The van der Waals surface area contributed by atoms with E-state index in [4.69, 9.17) is 10.9 Å². The summed E-state index contributed by atoms with van der Waals surface area (Å²) in [7, 11) is 0. The Bertz CT molecular complexity index is 454. The fourth-order valence-electron chi connectivity index (χ4n) is 2.29. The summed E-state index contributed by atoms with van der Waals surface area (Å²) in [5.74, 6) is -0.306. The van der Waals surface area contributed by atoms with Crippen LogP contribution in [0.3, 0.4) is 0 Å². The molecule has 0 saturated heterocycles. The molecule has 1 heterocycles. The Labute approximate surface area is 104 Å². The summed E-state index contributed by atoms with van der Waals surface area (Å²) >= 11 is 0. The van der Waals surface area contributed by atoms with Crippen LogP contribution in [0.15, 0.2) is 23.9 Å². The number of carbonyl (C=O) groups excluding carboxylic acids is 1. The van der Waals surface area contributed by atoms with E-state index in [0.717, 1.165) is 12.8 Å². The Kier molecular flexibility index (Phi) is 3.40. The van der Waals surface area contributed by atoms with Crippen LogP contribution in [-0.2, 0) is 4.79 Å². The summed E-state index contributed by atoms with van der Waals surface area (Å²) in [5.41, 5.74) is 5.26. The number of nitrogens with zero attached hydrogens (tertiary/aromatic N) is 3. The van der Waals surface area contributed by atoms with Gasteiger partial charge in [-0.05, 0) is 12.8 Å². The predicted octanol–water partition coefficient (Wildman–Crippen LogP) is 0.722. The molecule has 1 amide bonds. The van der Waals surface area contributed by atoms with Gasteiger partial charge in [-0.15, -0.1) is 0 Å². The van der Waals surface area contributed by atoms with Gasteiger partial charge in [0.1, 0.15) is 11.7 Å². The first-order chi connectivity index (χ1) is 8.69. The number of anilines is 1. The molecule has 0 radical (unpaired) electrons. The van der Waals surface area contributed by atoms with Crippen LogP contribution < -0.4 is 11.1 Å².